The Kier molecular flexibility index (Phi) is 7.48. The fraction of sp³-hybridized carbons (Fsp3) is 0.909. The lowest BCUT2D eigenvalue weighted by atomic mass is 10.1. The molecule has 1 amide bonds. The van der Waals surface area contributed by atoms with Crippen molar-refractivity contribution in [1.82, 2.24) is 0 Å². The van der Waals surface area contributed by atoms with Crippen molar-refractivity contribution < 1.29 is 18.6 Å². The molecule has 0 radical (unpaired) electrons. The average molecular weight is 265 g/mol. The molecule has 0 aliphatic rings. The monoisotopic (exact) mass is 265 g/mol. The molecule has 2 atom stereocenters. The van der Waals surface area contributed by atoms with Gasteiger partial charge in [0.1, 0.15) is 0 Å². The maximum Gasteiger partial charge on any atom is 0.404 e. The molecule has 6 heteroatoms. The van der Waals surface area contributed by atoms with Crippen LogP contribution in [0.2, 0.25) is 0 Å². The number of carbonyl (C=O) groups is 1. The number of hydrogen-bond donors (Lipinski definition) is 1. The minimum absolute atomic E-state index is 0.178. The molecule has 0 rings (SSSR count). The van der Waals surface area contributed by atoms with Gasteiger partial charge in [-0.05, 0) is 18.3 Å². The molecule has 0 spiro atoms. The number of ether oxygens (including phenoxy) is 1. The SMILES string of the molecule is CC(C)COP(C)(=O)CC(C)CCOC(N)=O. The minimum atomic E-state index is -2.54. The van der Waals surface area contributed by atoms with Crippen molar-refractivity contribution in [3.05, 3.63) is 0 Å². The summed E-state index contributed by atoms with van der Waals surface area (Å²) in [7, 11) is -2.54. The number of rotatable bonds is 8. The van der Waals surface area contributed by atoms with Crippen LogP contribution in [0.3, 0.4) is 0 Å². The van der Waals surface area contributed by atoms with Crippen LogP contribution in [-0.4, -0.2) is 32.1 Å². The van der Waals surface area contributed by atoms with E-state index in [9.17, 15) is 9.36 Å². The van der Waals surface area contributed by atoms with E-state index in [0.29, 0.717) is 25.1 Å². The molecule has 0 aromatic heterocycles. The Morgan fingerprint density at radius 2 is 1.94 bits per heavy atom. The standard InChI is InChI=1S/C11H24NO4P/c1-9(2)7-16-17(4,14)8-10(3)5-6-15-11(12)13/h9-10H,5-8H2,1-4H3,(H2,12,13). The highest BCUT2D eigenvalue weighted by molar-refractivity contribution is 7.58. The zero-order valence-corrected chi connectivity index (χ0v) is 12.0. The molecule has 2 unspecified atom stereocenters. The first-order valence-electron chi connectivity index (χ1n) is 5.86. The second kappa shape index (κ2) is 7.72. The normalized spacial score (nSPS) is 16.5. The summed E-state index contributed by atoms with van der Waals surface area (Å²) in [5, 5.41) is 0. The lowest BCUT2D eigenvalue weighted by Gasteiger charge is -2.19. The lowest BCUT2D eigenvalue weighted by Crippen LogP contribution is -2.16. The summed E-state index contributed by atoms with van der Waals surface area (Å²) >= 11 is 0. The molecular weight excluding hydrogens is 241 g/mol. The zero-order valence-electron chi connectivity index (χ0n) is 11.1. The molecule has 0 fully saturated rings. The van der Waals surface area contributed by atoms with Gasteiger partial charge in [-0.3, -0.25) is 4.57 Å². The molecular formula is C11H24NO4P. The van der Waals surface area contributed by atoms with Gasteiger partial charge in [-0.25, -0.2) is 4.79 Å². The van der Waals surface area contributed by atoms with Crippen molar-refractivity contribution in [2.24, 2.45) is 17.6 Å². The van der Waals surface area contributed by atoms with Gasteiger partial charge >= 0.3 is 6.09 Å². The Balaban J connectivity index is 3.88. The molecule has 2 N–H and O–H groups in total. The van der Waals surface area contributed by atoms with Gasteiger partial charge in [0, 0.05) is 12.8 Å². The summed E-state index contributed by atoms with van der Waals surface area (Å²) in [5.74, 6) is 0.550. The van der Waals surface area contributed by atoms with E-state index in [4.69, 9.17) is 10.3 Å². The first-order chi connectivity index (χ1) is 7.73. The topological polar surface area (TPSA) is 78.6 Å². The van der Waals surface area contributed by atoms with E-state index in [1.54, 1.807) is 6.66 Å². The van der Waals surface area contributed by atoms with Gasteiger partial charge in [0.2, 0.25) is 0 Å². The third-order valence-electron chi connectivity index (χ3n) is 2.18. The maximum atomic E-state index is 12.1. The number of amides is 1. The molecule has 0 heterocycles. The minimum Gasteiger partial charge on any atom is -0.450 e. The highest BCUT2D eigenvalue weighted by Gasteiger charge is 2.20. The van der Waals surface area contributed by atoms with Gasteiger partial charge in [-0.1, -0.05) is 20.8 Å². The quantitative estimate of drug-likeness (QED) is 0.684. The van der Waals surface area contributed by atoms with Crippen LogP contribution >= 0.6 is 7.37 Å². The van der Waals surface area contributed by atoms with Gasteiger partial charge in [-0.2, -0.15) is 0 Å². The van der Waals surface area contributed by atoms with Crippen molar-refractivity contribution in [3.63, 3.8) is 0 Å². The molecule has 0 aliphatic heterocycles. The van der Waals surface area contributed by atoms with Gasteiger partial charge < -0.3 is 15.0 Å². The van der Waals surface area contributed by atoms with Crippen LogP contribution in [0.25, 0.3) is 0 Å². The summed E-state index contributed by atoms with van der Waals surface area (Å²) in [4.78, 5) is 10.4. The first kappa shape index (κ1) is 16.5. The fourth-order valence-corrected chi connectivity index (χ4v) is 3.41. The van der Waals surface area contributed by atoms with Crippen LogP contribution in [0.15, 0.2) is 0 Å². The number of carbonyl (C=O) groups excluding carboxylic acids is 1. The summed E-state index contributed by atoms with van der Waals surface area (Å²) in [5.41, 5.74) is 4.85. The van der Waals surface area contributed by atoms with E-state index in [1.807, 2.05) is 20.8 Å². The number of hydrogen-bond acceptors (Lipinski definition) is 4. The van der Waals surface area contributed by atoms with Crippen LogP contribution in [0, 0.1) is 11.8 Å². The van der Waals surface area contributed by atoms with Gasteiger partial charge in [0.25, 0.3) is 0 Å². The molecule has 0 bridgehead atoms. The molecule has 17 heavy (non-hydrogen) atoms. The molecule has 5 nitrogen and oxygen atoms in total. The van der Waals surface area contributed by atoms with E-state index < -0.39 is 13.5 Å². The van der Waals surface area contributed by atoms with Crippen molar-refractivity contribution in [2.75, 3.05) is 26.0 Å². The van der Waals surface area contributed by atoms with E-state index in [-0.39, 0.29) is 12.5 Å². The zero-order chi connectivity index (χ0) is 13.5. The highest BCUT2D eigenvalue weighted by atomic mass is 31.2. The maximum absolute atomic E-state index is 12.1. The van der Waals surface area contributed by atoms with Crippen LogP contribution in [0.1, 0.15) is 27.2 Å². The summed E-state index contributed by atoms with van der Waals surface area (Å²) < 4.78 is 22.1. The van der Waals surface area contributed by atoms with E-state index >= 15 is 0 Å². The smallest absolute Gasteiger partial charge is 0.404 e. The average Bonchev–Trinajstić information content (AvgIpc) is 2.13. The van der Waals surface area contributed by atoms with Crippen LogP contribution in [0.4, 0.5) is 4.79 Å². The van der Waals surface area contributed by atoms with E-state index in [1.165, 1.54) is 0 Å². The van der Waals surface area contributed by atoms with E-state index in [0.717, 1.165) is 0 Å². The van der Waals surface area contributed by atoms with Crippen LogP contribution in [-0.2, 0) is 13.8 Å². The Morgan fingerprint density at radius 1 is 1.35 bits per heavy atom. The van der Waals surface area contributed by atoms with Gasteiger partial charge in [0.05, 0.1) is 13.2 Å². The molecule has 0 saturated heterocycles. The van der Waals surface area contributed by atoms with Crippen LogP contribution < -0.4 is 5.73 Å². The van der Waals surface area contributed by atoms with Gasteiger partial charge in [-0.15, -0.1) is 0 Å². The first-order valence-corrected chi connectivity index (χ1v) is 8.12. The van der Waals surface area contributed by atoms with Crippen molar-refractivity contribution in [1.29, 1.82) is 0 Å². The predicted octanol–water partition coefficient (Wildman–Crippen LogP) is 2.69. The van der Waals surface area contributed by atoms with E-state index in [2.05, 4.69) is 4.74 Å². The molecule has 0 aromatic rings. The molecule has 0 saturated carbocycles. The third-order valence-corrected chi connectivity index (χ3v) is 4.16. The second-order valence-corrected chi connectivity index (χ2v) is 7.60. The van der Waals surface area contributed by atoms with Crippen molar-refractivity contribution in [3.8, 4) is 0 Å². The Hall–Kier alpha value is -0.540. The van der Waals surface area contributed by atoms with Crippen LogP contribution in [0.5, 0.6) is 0 Å². The fourth-order valence-electron chi connectivity index (χ4n) is 1.38. The Labute approximate surface area is 103 Å². The highest BCUT2D eigenvalue weighted by Crippen LogP contribution is 2.45. The summed E-state index contributed by atoms with van der Waals surface area (Å²) in [6.45, 7) is 8.42. The molecule has 0 aromatic carbocycles. The predicted molar refractivity (Wildman–Crippen MR) is 68.5 cm³/mol. The third kappa shape index (κ3) is 10.3. The van der Waals surface area contributed by atoms with Crippen molar-refractivity contribution in [2.45, 2.75) is 27.2 Å². The molecule has 0 aliphatic carbocycles. The lowest BCUT2D eigenvalue weighted by molar-refractivity contribution is 0.150. The number of primary amides is 1. The van der Waals surface area contributed by atoms with Gasteiger partial charge in [0.15, 0.2) is 7.37 Å². The Morgan fingerprint density at radius 3 is 2.41 bits per heavy atom. The summed E-state index contributed by atoms with van der Waals surface area (Å²) in [6.07, 6.45) is 0.376. The number of nitrogens with two attached hydrogens (primary N) is 1. The Bertz CT molecular complexity index is 281. The largest absolute Gasteiger partial charge is 0.450 e. The summed E-state index contributed by atoms with van der Waals surface area (Å²) in [6, 6.07) is 0. The second-order valence-electron chi connectivity index (χ2n) is 4.95. The van der Waals surface area contributed by atoms with Crippen molar-refractivity contribution >= 4 is 13.5 Å². The molecule has 102 valence electrons.